The zero-order valence-electron chi connectivity index (χ0n) is 8.82. The minimum absolute atomic E-state index is 0.758. The van der Waals surface area contributed by atoms with Gasteiger partial charge < -0.3 is 5.73 Å². The molecule has 82 valence electrons. The van der Waals surface area contributed by atoms with Crippen molar-refractivity contribution in [3.05, 3.63) is 29.8 Å². The summed E-state index contributed by atoms with van der Waals surface area (Å²) in [4.78, 5) is 1.49. The van der Waals surface area contributed by atoms with Gasteiger partial charge >= 0.3 is 0 Å². The fraction of sp³-hybridized carbons (Fsp3) is 0.500. The molecule has 0 aromatic heterocycles. The van der Waals surface area contributed by atoms with E-state index in [1.54, 1.807) is 5.56 Å². The predicted octanol–water partition coefficient (Wildman–Crippen LogP) is 2.96. The highest BCUT2D eigenvalue weighted by atomic mass is 32.2. The first-order valence-electron chi connectivity index (χ1n) is 5.41. The summed E-state index contributed by atoms with van der Waals surface area (Å²) >= 11 is 4.05. The van der Waals surface area contributed by atoms with Crippen LogP contribution in [0.25, 0.3) is 0 Å². The van der Waals surface area contributed by atoms with E-state index < -0.39 is 0 Å². The standard InChI is InChI=1S/C12H17NS2/c13-6-3-7-14-8-10-9-15-12-5-2-1-4-11(10)12/h1-2,4-5,10H,3,6-9,13H2. The lowest BCUT2D eigenvalue weighted by Crippen LogP contribution is -2.03. The Bertz CT molecular complexity index is 314. The average molecular weight is 239 g/mol. The smallest absolute Gasteiger partial charge is 0.0108 e. The Balaban J connectivity index is 1.85. The summed E-state index contributed by atoms with van der Waals surface area (Å²) < 4.78 is 0. The van der Waals surface area contributed by atoms with E-state index in [0.29, 0.717) is 0 Å². The summed E-state index contributed by atoms with van der Waals surface area (Å²) in [5, 5.41) is 0. The summed E-state index contributed by atoms with van der Waals surface area (Å²) in [6, 6.07) is 8.81. The molecule has 1 unspecified atom stereocenters. The van der Waals surface area contributed by atoms with Gasteiger partial charge in [-0.25, -0.2) is 0 Å². The van der Waals surface area contributed by atoms with E-state index in [1.165, 1.54) is 22.2 Å². The van der Waals surface area contributed by atoms with Crippen molar-refractivity contribution in [1.82, 2.24) is 0 Å². The normalized spacial score (nSPS) is 19.1. The van der Waals surface area contributed by atoms with E-state index >= 15 is 0 Å². The monoisotopic (exact) mass is 239 g/mol. The lowest BCUT2D eigenvalue weighted by atomic mass is 10.0. The van der Waals surface area contributed by atoms with Crippen LogP contribution in [-0.4, -0.2) is 23.8 Å². The van der Waals surface area contributed by atoms with Crippen molar-refractivity contribution in [1.29, 1.82) is 0 Å². The van der Waals surface area contributed by atoms with Gasteiger partial charge in [0.25, 0.3) is 0 Å². The summed E-state index contributed by atoms with van der Waals surface area (Å²) in [7, 11) is 0. The summed E-state index contributed by atoms with van der Waals surface area (Å²) in [5.41, 5.74) is 7.04. The minimum atomic E-state index is 0.758. The highest BCUT2D eigenvalue weighted by Crippen LogP contribution is 2.40. The molecule has 2 rings (SSSR count). The molecule has 0 saturated carbocycles. The van der Waals surface area contributed by atoms with Crippen LogP contribution in [0.2, 0.25) is 0 Å². The van der Waals surface area contributed by atoms with Crippen LogP contribution >= 0.6 is 23.5 Å². The maximum Gasteiger partial charge on any atom is 0.0108 e. The molecule has 0 radical (unpaired) electrons. The third kappa shape index (κ3) is 2.92. The van der Waals surface area contributed by atoms with Gasteiger partial charge in [0.1, 0.15) is 0 Å². The molecular weight excluding hydrogens is 222 g/mol. The Morgan fingerprint density at radius 2 is 2.27 bits per heavy atom. The van der Waals surface area contributed by atoms with Crippen LogP contribution in [0.4, 0.5) is 0 Å². The molecule has 1 aromatic carbocycles. The van der Waals surface area contributed by atoms with Crippen LogP contribution in [-0.2, 0) is 0 Å². The van der Waals surface area contributed by atoms with Crippen molar-refractivity contribution in [2.24, 2.45) is 5.73 Å². The molecule has 1 aliphatic heterocycles. The van der Waals surface area contributed by atoms with Gasteiger partial charge in [-0.05, 0) is 30.3 Å². The maximum atomic E-state index is 5.48. The Morgan fingerprint density at radius 1 is 1.40 bits per heavy atom. The van der Waals surface area contributed by atoms with Crippen LogP contribution in [0.3, 0.4) is 0 Å². The number of hydrogen-bond acceptors (Lipinski definition) is 3. The maximum absolute atomic E-state index is 5.48. The Labute approximate surface area is 100 Å². The highest BCUT2D eigenvalue weighted by molar-refractivity contribution is 8.00. The van der Waals surface area contributed by atoms with Gasteiger partial charge in [-0.2, -0.15) is 11.8 Å². The molecule has 1 aliphatic rings. The SMILES string of the molecule is NCCCSCC1CSc2ccccc21. The molecule has 1 heterocycles. The molecule has 1 aromatic rings. The van der Waals surface area contributed by atoms with Gasteiger partial charge in [0, 0.05) is 22.3 Å². The van der Waals surface area contributed by atoms with E-state index in [4.69, 9.17) is 5.73 Å². The van der Waals surface area contributed by atoms with Gasteiger partial charge in [-0.15, -0.1) is 11.8 Å². The number of thioether (sulfide) groups is 2. The molecule has 15 heavy (non-hydrogen) atoms. The van der Waals surface area contributed by atoms with E-state index in [1.807, 2.05) is 23.5 Å². The van der Waals surface area contributed by atoms with Gasteiger partial charge in [0.05, 0.1) is 0 Å². The molecule has 3 heteroatoms. The fourth-order valence-corrected chi connectivity index (χ4v) is 4.30. The molecule has 0 amide bonds. The summed E-state index contributed by atoms with van der Waals surface area (Å²) in [6.07, 6.45) is 1.15. The lowest BCUT2D eigenvalue weighted by molar-refractivity contribution is 0.889. The van der Waals surface area contributed by atoms with Gasteiger partial charge in [-0.3, -0.25) is 0 Å². The molecule has 0 spiro atoms. The van der Waals surface area contributed by atoms with Crippen molar-refractivity contribution >= 4 is 23.5 Å². The molecule has 1 nitrogen and oxygen atoms in total. The quantitative estimate of drug-likeness (QED) is 0.800. The van der Waals surface area contributed by atoms with Gasteiger partial charge in [-0.1, -0.05) is 18.2 Å². The first-order chi connectivity index (χ1) is 7.42. The Morgan fingerprint density at radius 3 is 3.13 bits per heavy atom. The number of benzene rings is 1. The largest absolute Gasteiger partial charge is 0.330 e. The molecule has 0 bridgehead atoms. The molecule has 2 N–H and O–H groups in total. The summed E-state index contributed by atoms with van der Waals surface area (Å²) in [6.45, 7) is 0.822. The minimum Gasteiger partial charge on any atom is -0.330 e. The zero-order chi connectivity index (χ0) is 10.5. The highest BCUT2D eigenvalue weighted by Gasteiger charge is 2.21. The van der Waals surface area contributed by atoms with Crippen molar-refractivity contribution in [3.8, 4) is 0 Å². The van der Waals surface area contributed by atoms with Crippen LogP contribution in [0.15, 0.2) is 29.2 Å². The van der Waals surface area contributed by atoms with Gasteiger partial charge in [0.2, 0.25) is 0 Å². The number of hydrogen-bond donors (Lipinski definition) is 1. The first-order valence-corrected chi connectivity index (χ1v) is 7.55. The van der Waals surface area contributed by atoms with Crippen molar-refractivity contribution in [2.45, 2.75) is 17.2 Å². The second-order valence-corrected chi connectivity index (χ2v) is 5.97. The fourth-order valence-electron chi connectivity index (χ4n) is 1.78. The average Bonchev–Trinajstić information content (AvgIpc) is 2.68. The molecule has 0 fully saturated rings. The Kier molecular flexibility index (Phi) is 4.42. The number of nitrogens with two attached hydrogens (primary N) is 1. The zero-order valence-corrected chi connectivity index (χ0v) is 10.4. The topological polar surface area (TPSA) is 26.0 Å². The van der Waals surface area contributed by atoms with Crippen LogP contribution in [0.5, 0.6) is 0 Å². The first kappa shape index (κ1) is 11.4. The van der Waals surface area contributed by atoms with Crippen LogP contribution in [0.1, 0.15) is 17.9 Å². The lowest BCUT2D eigenvalue weighted by Gasteiger charge is -2.09. The third-order valence-electron chi connectivity index (χ3n) is 2.61. The third-order valence-corrected chi connectivity index (χ3v) is 5.08. The second-order valence-electron chi connectivity index (χ2n) is 3.76. The van der Waals surface area contributed by atoms with Crippen molar-refractivity contribution in [3.63, 3.8) is 0 Å². The van der Waals surface area contributed by atoms with E-state index in [0.717, 1.165) is 18.9 Å². The van der Waals surface area contributed by atoms with E-state index in [-0.39, 0.29) is 0 Å². The molecule has 0 saturated heterocycles. The van der Waals surface area contributed by atoms with E-state index in [9.17, 15) is 0 Å². The van der Waals surface area contributed by atoms with Crippen LogP contribution in [0, 0.1) is 0 Å². The molecule has 1 atom stereocenters. The number of rotatable bonds is 5. The van der Waals surface area contributed by atoms with Crippen molar-refractivity contribution < 1.29 is 0 Å². The van der Waals surface area contributed by atoms with Gasteiger partial charge in [0.15, 0.2) is 0 Å². The van der Waals surface area contributed by atoms with E-state index in [2.05, 4.69) is 24.3 Å². The number of fused-ring (bicyclic) bond motifs is 1. The second kappa shape index (κ2) is 5.83. The Hall–Kier alpha value is -0.120. The molecular formula is C12H17NS2. The molecule has 0 aliphatic carbocycles. The predicted molar refractivity (Wildman–Crippen MR) is 70.9 cm³/mol. The van der Waals surface area contributed by atoms with Crippen molar-refractivity contribution in [2.75, 3.05) is 23.8 Å². The summed E-state index contributed by atoms with van der Waals surface area (Å²) in [5.74, 6) is 4.48. The van der Waals surface area contributed by atoms with Crippen LogP contribution < -0.4 is 5.73 Å².